The summed E-state index contributed by atoms with van der Waals surface area (Å²) >= 11 is 0. The summed E-state index contributed by atoms with van der Waals surface area (Å²) in [7, 11) is 0. The number of hydrogen-bond donors (Lipinski definition) is 0. The fraction of sp³-hybridized carbons (Fsp3) is 0.933. The van der Waals surface area contributed by atoms with Gasteiger partial charge in [-0.2, -0.15) is 0 Å². The normalized spacial score (nSPS) is 40.6. The topological polar surface area (TPSA) is 0 Å². The predicted octanol–water partition coefficient (Wildman–Crippen LogP) is 4.84. The molecule has 15 heavy (non-hydrogen) atoms. The molecule has 0 aromatic rings. The largest absolute Gasteiger partial charge is 0.0625 e. The van der Waals surface area contributed by atoms with Crippen molar-refractivity contribution in [3.63, 3.8) is 0 Å². The van der Waals surface area contributed by atoms with E-state index in [4.69, 9.17) is 0 Å². The molecule has 0 nitrogen and oxygen atoms in total. The van der Waals surface area contributed by atoms with Crippen LogP contribution in [0.2, 0.25) is 0 Å². The first-order chi connectivity index (χ1) is 7.15. The van der Waals surface area contributed by atoms with Crippen molar-refractivity contribution in [1.29, 1.82) is 0 Å². The smallest absolute Gasteiger partial charge is 0.0210 e. The molecular formula is C15H27. The van der Waals surface area contributed by atoms with Crippen LogP contribution in [0.25, 0.3) is 0 Å². The minimum Gasteiger partial charge on any atom is -0.0625 e. The SMILES string of the molecule is CC1CC[C](C2CC(C)CC(C)C2)CC1. The first-order valence-corrected chi connectivity index (χ1v) is 6.99. The summed E-state index contributed by atoms with van der Waals surface area (Å²) < 4.78 is 0. The zero-order chi connectivity index (χ0) is 10.8. The van der Waals surface area contributed by atoms with Gasteiger partial charge in [-0.25, -0.2) is 0 Å². The molecular weight excluding hydrogens is 180 g/mol. The average molecular weight is 207 g/mol. The van der Waals surface area contributed by atoms with E-state index >= 15 is 0 Å². The molecule has 0 saturated heterocycles. The highest BCUT2D eigenvalue weighted by Crippen LogP contribution is 2.44. The molecule has 1 radical (unpaired) electrons. The van der Waals surface area contributed by atoms with E-state index in [2.05, 4.69) is 20.8 Å². The molecule has 2 unspecified atom stereocenters. The van der Waals surface area contributed by atoms with Gasteiger partial charge in [0, 0.05) is 0 Å². The van der Waals surface area contributed by atoms with Crippen LogP contribution in [0, 0.1) is 29.6 Å². The molecule has 2 saturated carbocycles. The zero-order valence-corrected chi connectivity index (χ0v) is 10.8. The number of hydrogen-bond acceptors (Lipinski definition) is 0. The van der Waals surface area contributed by atoms with Crippen molar-refractivity contribution in [3.05, 3.63) is 5.92 Å². The Hall–Kier alpha value is 0. The van der Waals surface area contributed by atoms with Gasteiger partial charge >= 0.3 is 0 Å². The lowest BCUT2D eigenvalue weighted by atomic mass is 9.67. The Balaban J connectivity index is 1.87. The van der Waals surface area contributed by atoms with Gasteiger partial charge in [0.2, 0.25) is 0 Å². The van der Waals surface area contributed by atoms with Gasteiger partial charge in [0.25, 0.3) is 0 Å². The van der Waals surface area contributed by atoms with Crippen LogP contribution in [0.15, 0.2) is 0 Å². The van der Waals surface area contributed by atoms with Crippen LogP contribution in [0.1, 0.15) is 65.7 Å². The molecule has 0 bridgehead atoms. The highest BCUT2D eigenvalue weighted by atomic mass is 14.4. The summed E-state index contributed by atoms with van der Waals surface area (Å²) in [5, 5.41) is 0. The minimum atomic E-state index is 0.977. The molecule has 2 aliphatic rings. The molecule has 0 spiro atoms. The first-order valence-electron chi connectivity index (χ1n) is 6.99. The van der Waals surface area contributed by atoms with E-state index in [1.54, 1.807) is 0 Å². The lowest BCUT2D eigenvalue weighted by Gasteiger charge is -2.39. The molecule has 0 aliphatic heterocycles. The van der Waals surface area contributed by atoms with E-state index in [-0.39, 0.29) is 0 Å². The molecule has 2 fully saturated rings. The highest BCUT2D eigenvalue weighted by Gasteiger charge is 2.31. The summed E-state index contributed by atoms with van der Waals surface area (Å²) in [4.78, 5) is 0. The van der Waals surface area contributed by atoms with E-state index in [0.29, 0.717) is 0 Å². The van der Waals surface area contributed by atoms with Gasteiger partial charge in [0.15, 0.2) is 0 Å². The lowest BCUT2D eigenvalue weighted by Crippen LogP contribution is -2.27. The van der Waals surface area contributed by atoms with Crippen LogP contribution in [-0.4, -0.2) is 0 Å². The van der Waals surface area contributed by atoms with Gasteiger partial charge in [-0.15, -0.1) is 0 Å². The monoisotopic (exact) mass is 207 g/mol. The van der Waals surface area contributed by atoms with E-state index in [9.17, 15) is 0 Å². The Morgan fingerprint density at radius 1 is 0.733 bits per heavy atom. The van der Waals surface area contributed by atoms with E-state index in [0.717, 1.165) is 23.7 Å². The quantitative estimate of drug-likeness (QED) is 0.577. The predicted molar refractivity (Wildman–Crippen MR) is 66.5 cm³/mol. The maximum absolute atomic E-state index is 2.45. The Morgan fingerprint density at radius 3 is 1.80 bits per heavy atom. The Kier molecular flexibility index (Phi) is 3.74. The molecule has 2 rings (SSSR count). The second kappa shape index (κ2) is 4.89. The van der Waals surface area contributed by atoms with Crippen molar-refractivity contribution in [2.45, 2.75) is 65.7 Å². The van der Waals surface area contributed by atoms with Crippen molar-refractivity contribution in [2.24, 2.45) is 23.7 Å². The summed E-state index contributed by atoms with van der Waals surface area (Å²) in [5.41, 5.74) is 0. The first kappa shape index (κ1) is 11.5. The van der Waals surface area contributed by atoms with E-state index in [1.165, 1.54) is 44.9 Å². The second-order valence-corrected chi connectivity index (χ2v) is 6.46. The maximum atomic E-state index is 2.45. The standard InChI is InChI=1S/C15H27/c1-11-4-6-14(7-5-11)15-9-12(2)8-13(3)10-15/h11-13,15H,4-10H2,1-3H3. The minimum absolute atomic E-state index is 0.977. The average Bonchev–Trinajstić information content (AvgIpc) is 2.17. The molecule has 0 aromatic heterocycles. The zero-order valence-electron chi connectivity index (χ0n) is 10.8. The van der Waals surface area contributed by atoms with Crippen molar-refractivity contribution < 1.29 is 0 Å². The lowest BCUT2D eigenvalue weighted by molar-refractivity contribution is 0.203. The van der Waals surface area contributed by atoms with E-state index in [1.807, 2.05) is 5.92 Å². The fourth-order valence-electron chi connectivity index (χ4n) is 3.82. The molecule has 0 aromatic carbocycles. The van der Waals surface area contributed by atoms with Crippen LogP contribution in [0.5, 0.6) is 0 Å². The van der Waals surface area contributed by atoms with Crippen LogP contribution in [0.3, 0.4) is 0 Å². The van der Waals surface area contributed by atoms with Gasteiger partial charge in [-0.3, -0.25) is 0 Å². The van der Waals surface area contributed by atoms with Gasteiger partial charge in [0.05, 0.1) is 0 Å². The molecule has 0 amide bonds. The third-order valence-electron chi connectivity index (χ3n) is 4.67. The maximum Gasteiger partial charge on any atom is -0.0210 e. The molecule has 0 heterocycles. The summed E-state index contributed by atoms with van der Waals surface area (Å²) in [6, 6.07) is 0. The third-order valence-corrected chi connectivity index (χ3v) is 4.67. The summed E-state index contributed by atoms with van der Waals surface area (Å²) in [5.74, 6) is 5.88. The van der Waals surface area contributed by atoms with Crippen molar-refractivity contribution in [3.8, 4) is 0 Å². The molecule has 0 heteroatoms. The molecule has 2 aliphatic carbocycles. The third kappa shape index (κ3) is 2.98. The van der Waals surface area contributed by atoms with Crippen molar-refractivity contribution >= 4 is 0 Å². The van der Waals surface area contributed by atoms with Crippen LogP contribution < -0.4 is 0 Å². The van der Waals surface area contributed by atoms with Crippen LogP contribution in [-0.2, 0) is 0 Å². The Labute approximate surface area is 95.8 Å². The van der Waals surface area contributed by atoms with Crippen LogP contribution >= 0.6 is 0 Å². The molecule has 87 valence electrons. The Morgan fingerprint density at radius 2 is 1.27 bits per heavy atom. The van der Waals surface area contributed by atoms with Gasteiger partial charge in [-0.1, -0.05) is 33.6 Å². The fourth-order valence-corrected chi connectivity index (χ4v) is 3.82. The summed E-state index contributed by atoms with van der Waals surface area (Å²) in [6.07, 6.45) is 10.3. The Bertz CT molecular complexity index is 178. The van der Waals surface area contributed by atoms with Crippen LogP contribution in [0.4, 0.5) is 0 Å². The number of rotatable bonds is 1. The van der Waals surface area contributed by atoms with Crippen molar-refractivity contribution in [2.75, 3.05) is 0 Å². The van der Waals surface area contributed by atoms with Gasteiger partial charge in [0.1, 0.15) is 0 Å². The van der Waals surface area contributed by atoms with Crippen molar-refractivity contribution in [1.82, 2.24) is 0 Å². The second-order valence-electron chi connectivity index (χ2n) is 6.46. The van der Waals surface area contributed by atoms with Gasteiger partial charge in [-0.05, 0) is 61.7 Å². The molecule has 2 atom stereocenters. The summed E-state index contributed by atoms with van der Waals surface area (Å²) in [6.45, 7) is 7.33. The van der Waals surface area contributed by atoms with E-state index < -0.39 is 0 Å². The van der Waals surface area contributed by atoms with Gasteiger partial charge < -0.3 is 0 Å². The highest BCUT2D eigenvalue weighted by molar-refractivity contribution is 5.01. The molecule has 0 N–H and O–H groups in total.